The molecule has 0 saturated carbocycles. The van der Waals surface area contributed by atoms with Crippen molar-refractivity contribution in [1.29, 1.82) is 0 Å². The molecule has 106 valence electrons. The zero-order valence-corrected chi connectivity index (χ0v) is 12.6. The first-order valence-electron chi connectivity index (χ1n) is 7.23. The molecule has 0 unspecified atom stereocenters. The Morgan fingerprint density at radius 2 is 1.65 bits per heavy atom. The molecule has 0 bridgehead atoms. The lowest BCUT2D eigenvalue weighted by atomic mass is 10.1. The van der Waals surface area contributed by atoms with Crippen molar-refractivity contribution in [3.8, 4) is 5.75 Å². The third-order valence-corrected chi connectivity index (χ3v) is 3.37. The molecule has 0 spiro atoms. The van der Waals surface area contributed by atoms with E-state index in [4.69, 9.17) is 4.74 Å². The Morgan fingerprint density at radius 3 is 2.35 bits per heavy atom. The van der Waals surface area contributed by atoms with Crippen molar-refractivity contribution in [2.75, 3.05) is 11.9 Å². The fraction of sp³-hybridized carbons (Fsp3) is 0.333. The molecule has 0 heterocycles. The van der Waals surface area contributed by atoms with Gasteiger partial charge in [0.1, 0.15) is 5.75 Å². The summed E-state index contributed by atoms with van der Waals surface area (Å²) in [6.07, 6.45) is 1.03. The highest BCUT2D eigenvalue weighted by Crippen LogP contribution is 2.23. The highest BCUT2D eigenvalue weighted by Gasteiger charge is 2.05. The number of anilines is 1. The molecule has 2 aromatic rings. The van der Waals surface area contributed by atoms with Gasteiger partial charge in [-0.25, -0.2) is 0 Å². The number of para-hydroxylation sites is 2. The van der Waals surface area contributed by atoms with Crippen LogP contribution in [-0.4, -0.2) is 6.61 Å². The first-order valence-corrected chi connectivity index (χ1v) is 7.23. The van der Waals surface area contributed by atoms with Gasteiger partial charge >= 0.3 is 0 Å². The highest BCUT2D eigenvalue weighted by molar-refractivity contribution is 5.57. The van der Waals surface area contributed by atoms with Gasteiger partial charge in [-0.2, -0.15) is 0 Å². The smallest absolute Gasteiger partial charge is 0.124 e. The van der Waals surface area contributed by atoms with Gasteiger partial charge < -0.3 is 10.1 Å². The van der Waals surface area contributed by atoms with Crippen molar-refractivity contribution in [3.05, 3.63) is 59.2 Å². The number of benzene rings is 2. The van der Waals surface area contributed by atoms with Gasteiger partial charge in [0.15, 0.2) is 0 Å². The topological polar surface area (TPSA) is 21.3 Å². The van der Waals surface area contributed by atoms with Crippen molar-refractivity contribution in [3.63, 3.8) is 0 Å². The molecule has 0 atom stereocenters. The molecular formula is C18H23NO. The Balaban J connectivity index is 2.11. The van der Waals surface area contributed by atoms with Gasteiger partial charge in [-0.3, -0.25) is 0 Å². The maximum atomic E-state index is 5.80. The Bertz CT molecular complexity index is 543. The molecule has 1 N–H and O–H groups in total. The second-order valence-corrected chi connectivity index (χ2v) is 5.08. The van der Waals surface area contributed by atoms with Gasteiger partial charge in [0, 0.05) is 17.8 Å². The lowest BCUT2D eigenvalue weighted by Gasteiger charge is -2.15. The van der Waals surface area contributed by atoms with Crippen molar-refractivity contribution in [2.24, 2.45) is 0 Å². The van der Waals surface area contributed by atoms with E-state index in [1.807, 2.05) is 12.1 Å². The van der Waals surface area contributed by atoms with Crippen molar-refractivity contribution in [2.45, 2.75) is 33.7 Å². The summed E-state index contributed by atoms with van der Waals surface area (Å²) in [5.41, 5.74) is 4.97. The lowest BCUT2D eigenvalue weighted by Crippen LogP contribution is -2.05. The first kappa shape index (κ1) is 14.4. The summed E-state index contributed by atoms with van der Waals surface area (Å²) in [5, 5.41) is 3.53. The first-order chi connectivity index (χ1) is 9.72. The molecule has 0 radical (unpaired) electrons. The van der Waals surface area contributed by atoms with Gasteiger partial charge in [-0.05, 0) is 37.5 Å². The van der Waals surface area contributed by atoms with E-state index in [9.17, 15) is 0 Å². The van der Waals surface area contributed by atoms with Crippen LogP contribution in [-0.2, 0) is 6.54 Å². The fourth-order valence-corrected chi connectivity index (χ4v) is 2.28. The number of aryl methyl sites for hydroxylation is 2. The van der Waals surface area contributed by atoms with E-state index in [0.29, 0.717) is 0 Å². The van der Waals surface area contributed by atoms with Crippen LogP contribution in [0.15, 0.2) is 42.5 Å². The van der Waals surface area contributed by atoms with Gasteiger partial charge in [0.25, 0.3) is 0 Å². The number of hydrogen-bond acceptors (Lipinski definition) is 2. The van der Waals surface area contributed by atoms with Crippen molar-refractivity contribution >= 4 is 5.69 Å². The molecule has 20 heavy (non-hydrogen) atoms. The summed E-state index contributed by atoms with van der Waals surface area (Å²) in [6, 6.07) is 14.6. The SMILES string of the molecule is CCCOc1ccccc1CNc1c(C)cccc1C. The van der Waals surface area contributed by atoms with Crippen LogP contribution in [0.1, 0.15) is 30.0 Å². The zero-order chi connectivity index (χ0) is 14.4. The second kappa shape index (κ2) is 6.99. The molecule has 2 rings (SSSR count). The molecule has 2 heteroatoms. The third-order valence-electron chi connectivity index (χ3n) is 3.37. The van der Waals surface area contributed by atoms with Crippen LogP contribution in [0.25, 0.3) is 0 Å². The van der Waals surface area contributed by atoms with E-state index in [2.05, 4.69) is 56.4 Å². The quantitative estimate of drug-likeness (QED) is 0.820. The predicted molar refractivity (Wildman–Crippen MR) is 85.5 cm³/mol. The van der Waals surface area contributed by atoms with E-state index in [0.717, 1.165) is 25.3 Å². The third kappa shape index (κ3) is 3.53. The van der Waals surface area contributed by atoms with Gasteiger partial charge in [-0.15, -0.1) is 0 Å². The Labute approximate surface area is 121 Å². The van der Waals surface area contributed by atoms with Crippen LogP contribution in [0.2, 0.25) is 0 Å². The number of ether oxygens (including phenoxy) is 1. The fourth-order valence-electron chi connectivity index (χ4n) is 2.28. The Kier molecular flexibility index (Phi) is 5.05. The monoisotopic (exact) mass is 269 g/mol. The van der Waals surface area contributed by atoms with E-state index < -0.39 is 0 Å². The normalized spacial score (nSPS) is 10.3. The van der Waals surface area contributed by atoms with Crippen LogP contribution >= 0.6 is 0 Å². The summed E-state index contributed by atoms with van der Waals surface area (Å²) in [6.45, 7) is 7.94. The van der Waals surface area contributed by atoms with Crippen LogP contribution in [0.5, 0.6) is 5.75 Å². The average Bonchev–Trinajstić information content (AvgIpc) is 2.45. The summed E-state index contributed by atoms with van der Waals surface area (Å²) in [5.74, 6) is 0.980. The average molecular weight is 269 g/mol. The van der Waals surface area contributed by atoms with Gasteiger partial charge in [0.05, 0.1) is 6.61 Å². The maximum Gasteiger partial charge on any atom is 0.124 e. The minimum atomic E-state index is 0.764. The Hall–Kier alpha value is -1.96. The van der Waals surface area contributed by atoms with Crippen LogP contribution in [0.4, 0.5) is 5.69 Å². The van der Waals surface area contributed by atoms with Crippen LogP contribution in [0.3, 0.4) is 0 Å². The predicted octanol–water partition coefficient (Wildman–Crippen LogP) is 4.70. The highest BCUT2D eigenvalue weighted by atomic mass is 16.5. The molecule has 0 amide bonds. The molecule has 2 nitrogen and oxygen atoms in total. The maximum absolute atomic E-state index is 5.80. The Morgan fingerprint density at radius 1 is 0.950 bits per heavy atom. The summed E-state index contributed by atoms with van der Waals surface area (Å²) in [4.78, 5) is 0. The van der Waals surface area contributed by atoms with Crippen LogP contribution < -0.4 is 10.1 Å². The largest absolute Gasteiger partial charge is 0.493 e. The standard InChI is InChI=1S/C18H23NO/c1-4-12-20-17-11-6-5-10-16(17)13-19-18-14(2)8-7-9-15(18)3/h5-11,19H,4,12-13H2,1-3H3. The summed E-state index contributed by atoms with van der Waals surface area (Å²) >= 11 is 0. The van der Waals surface area contributed by atoms with Gasteiger partial charge in [0.2, 0.25) is 0 Å². The lowest BCUT2D eigenvalue weighted by molar-refractivity contribution is 0.314. The van der Waals surface area contributed by atoms with E-state index in [1.165, 1.54) is 22.4 Å². The number of rotatable bonds is 6. The van der Waals surface area contributed by atoms with E-state index in [1.54, 1.807) is 0 Å². The zero-order valence-electron chi connectivity index (χ0n) is 12.6. The molecular weight excluding hydrogens is 246 g/mol. The molecule has 0 aromatic heterocycles. The van der Waals surface area contributed by atoms with Crippen LogP contribution in [0, 0.1) is 13.8 Å². The van der Waals surface area contributed by atoms with Crippen molar-refractivity contribution in [1.82, 2.24) is 0 Å². The summed E-state index contributed by atoms with van der Waals surface area (Å²) in [7, 11) is 0. The minimum Gasteiger partial charge on any atom is -0.493 e. The molecule has 2 aromatic carbocycles. The van der Waals surface area contributed by atoms with E-state index in [-0.39, 0.29) is 0 Å². The van der Waals surface area contributed by atoms with Gasteiger partial charge in [-0.1, -0.05) is 43.3 Å². The number of hydrogen-bond donors (Lipinski definition) is 1. The minimum absolute atomic E-state index is 0.764. The molecule has 0 fully saturated rings. The second-order valence-electron chi connectivity index (χ2n) is 5.08. The summed E-state index contributed by atoms with van der Waals surface area (Å²) < 4.78 is 5.80. The van der Waals surface area contributed by atoms with E-state index >= 15 is 0 Å². The molecule has 0 aliphatic rings. The molecule has 0 saturated heterocycles. The number of nitrogens with one attached hydrogen (secondary N) is 1. The van der Waals surface area contributed by atoms with Crippen molar-refractivity contribution < 1.29 is 4.74 Å². The molecule has 0 aliphatic carbocycles. The molecule has 0 aliphatic heterocycles.